The van der Waals surface area contributed by atoms with Gasteiger partial charge in [0.05, 0.1) is 6.42 Å². The third-order valence-electron chi connectivity index (χ3n) is 4.73. The molecule has 0 spiro atoms. The Hall–Kier alpha value is -2.98. The number of benzene rings is 3. The molecule has 0 saturated carbocycles. The molecular formula is C21H17NO3. The number of rotatable bonds is 3. The van der Waals surface area contributed by atoms with Crippen molar-refractivity contribution in [2.75, 3.05) is 5.32 Å². The maximum Gasteiger partial charge on any atom is 0.261 e. The van der Waals surface area contributed by atoms with Crippen molar-refractivity contribution in [2.24, 2.45) is 0 Å². The van der Waals surface area contributed by atoms with Crippen LogP contribution in [0, 0.1) is 6.92 Å². The second kappa shape index (κ2) is 5.53. The molecule has 4 nitrogen and oxygen atoms in total. The van der Waals surface area contributed by atoms with E-state index in [0.29, 0.717) is 16.8 Å². The Labute approximate surface area is 145 Å². The van der Waals surface area contributed by atoms with Crippen molar-refractivity contribution in [1.82, 2.24) is 0 Å². The van der Waals surface area contributed by atoms with E-state index in [-0.39, 0.29) is 12.2 Å². The molecule has 1 amide bonds. The van der Waals surface area contributed by atoms with Gasteiger partial charge in [0.2, 0.25) is 0 Å². The molecule has 1 aliphatic rings. The van der Waals surface area contributed by atoms with Gasteiger partial charge in [-0.25, -0.2) is 0 Å². The molecule has 124 valence electrons. The molecule has 1 aliphatic heterocycles. The van der Waals surface area contributed by atoms with Gasteiger partial charge < -0.3 is 10.4 Å². The lowest BCUT2D eigenvalue weighted by Gasteiger charge is -2.20. The number of ketones is 1. The van der Waals surface area contributed by atoms with Crippen molar-refractivity contribution in [1.29, 1.82) is 0 Å². The number of nitrogens with one attached hydrogen (secondary N) is 1. The lowest BCUT2D eigenvalue weighted by molar-refractivity contribution is -0.133. The Morgan fingerprint density at radius 2 is 1.80 bits per heavy atom. The van der Waals surface area contributed by atoms with Crippen LogP contribution < -0.4 is 5.32 Å². The van der Waals surface area contributed by atoms with E-state index in [4.69, 9.17) is 0 Å². The highest BCUT2D eigenvalue weighted by Gasteiger charge is 2.46. The molecule has 0 radical (unpaired) electrons. The summed E-state index contributed by atoms with van der Waals surface area (Å²) in [4.78, 5) is 25.1. The molecule has 25 heavy (non-hydrogen) atoms. The summed E-state index contributed by atoms with van der Waals surface area (Å²) < 4.78 is 0. The average molecular weight is 331 g/mol. The lowest BCUT2D eigenvalue weighted by atomic mass is 9.87. The van der Waals surface area contributed by atoms with E-state index in [0.717, 1.165) is 16.3 Å². The highest BCUT2D eigenvalue weighted by atomic mass is 16.3. The van der Waals surface area contributed by atoms with Crippen LogP contribution in [-0.2, 0) is 10.4 Å². The van der Waals surface area contributed by atoms with Gasteiger partial charge in [0.25, 0.3) is 5.91 Å². The summed E-state index contributed by atoms with van der Waals surface area (Å²) >= 11 is 0. The van der Waals surface area contributed by atoms with Gasteiger partial charge in [-0.05, 0) is 29.8 Å². The van der Waals surface area contributed by atoms with E-state index in [1.165, 1.54) is 0 Å². The second-order valence-corrected chi connectivity index (χ2v) is 6.53. The van der Waals surface area contributed by atoms with Crippen LogP contribution in [0.2, 0.25) is 0 Å². The molecule has 2 N–H and O–H groups in total. The summed E-state index contributed by atoms with van der Waals surface area (Å²) in [7, 11) is 0. The monoisotopic (exact) mass is 331 g/mol. The topological polar surface area (TPSA) is 66.4 Å². The van der Waals surface area contributed by atoms with Gasteiger partial charge in [-0.15, -0.1) is 0 Å². The Kier molecular flexibility index (Phi) is 3.44. The van der Waals surface area contributed by atoms with E-state index >= 15 is 0 Å². The predicted octanol–water partition coefficient (Wildman–Crippen LogP) is 3.56. The molecule has 0 fully saturated rings. The van der Waals surface area contributed by atoms with Gasteiger partial charge in [-0.3, -0.25) is 9.59 Å². The van der Waals surface area contributed by atoms with Crippen molar-refractivity contribution < 1.29 is 14.7 Å². The highest BCUT2D eigenvalue weighted by Crippen LogP contribution is 2.39. The van der Waals surface area contributed by atoms with E-state index < -0.39 is 11.5 Å². The second-order valence-electron chi connectivity index (χ2n) is 6.53. The molecule has 0 aliphatic carbocycles. The quantitative estimate of drug-likeness (QED) is 0.721. The molecule has 4 rings (SSSR count). The minimum atomic E-state index is -1.83. The number of carbonyl (C=O) groups excluding carboxylic acids is 2. The maximum absolute atomic E-state index is 12.7. The molecule has 3 aromatic rings. The summed E-state index contributed by atoms with van der Waals surface area (Å²) in [6.45, 7) is 1.88. The van der Waals surface area contributed by atoms with E-state index in [1.807, 2.05) is 43.3 Å². The zero-order chi connectivity index (χ0) is 17.6. The van der Waals surface area contributed by atoms with E-state index in [9.17, 15) is 14.7 Å². The summed E-state index contributed by atoms with van der Waals surface area (Å²) in [5.74, 6) is -0.819. The minimum absolute atomic E-state index is 0.266. The fourth-order valence-corrected chi connectivity index (χ4v) is 3.33. The molecule has 0 bridgehead atoms. The Bertz CT molecular complexity index is 1020. The number of amides is 1. The fraction of sp³-hybridized carbons (Fsp3) is 0.143. The van der Waals surface area contributed by atoms with Gasteiger partial charge >= 0.3 is 0 Å². The Morgan fingerprint density at radius 1 is 1.04 bits per heavy atom. The number of fused-ring (bicyclic) bond motifs is 2. The van der Waals surface area contributed by atoms with Gasteiger partial charge in [-0.1, -0.05) is 54.1 Å². The van der Waals surface area contributed by atoms with Crippen LogP contribution in [0.4, 0.5) is 5.69 Å². The maximum atomic E-state index is 12.7. The molecule has 0 aromatic heterocycles. The smallest absolute Gasteiger partial charge is 0.261 e. The van der Waals surface area contributed by atoms with Crippen molar-refractivity contribution in [3.63, 3.8) is 0 Å². The summed E-state index contributed by atoms with van der Waals surface area (Å²) in [6.07, 6.45) is -0.284. The van der Waals surface area contributed by atoms with Crippen LogP contribution in [0.1, 0.15) is 27.9 Å². The number of aliphatic hydroxyl groups is 1. The Balaban J connectivity index is 1.70. The number of Topliss-reactive ketones (excluding diaryl/α,β-unsaturated/α-hetero) is 1. The molecule has 1 heterocycles. The standard InChI is InChI=1S/C21H17NO3/c1-13-6-9-18-17(10-13)21(25,20(24)22-18)12-19(23)16-8-7-14-4-2-3-5-15(14)11-16/h2-11,25H,12H2,1H3,(H,22,24)/t21-/m0/s1. The van der Waals surface area contributed by atoms with Crippen LogP contribution in [0.15, 0.2) is 60.7 Å². The average Bonchev–Trinajstić information content (AvgIpc) is 2.85. The van der Waals surface area contributed by atoms with Crippen LogP contribution >= 0.6 is 0 Å². The molecule has 0 saturated heterocycles. The van der Waals surface area contributed by atoms with Crippen LogP contribution in [0.25, 0.3) is 10.8 Å². The number of aryl methyl sites for hydroxylation is 1. The highest BCUT2D eigenvalue weighted by molar-refractivity contribution is 6.10. The van der Waals surface area contributed by atoms with Crippen molar-refractivity contribution in [3.8, 4) is 0 Å². The van der Waals surface area contributed by atoms with Crippen molar-refractivity contribution in [2.45, 2.75) is 18.9 Å². The van der Waals surface area contributed by atoms with E-state index in [2.05, 4.69) is 5.32 Å². The zero-order valence-electron chi connectivity index (χ0n) is 13.7. The number of anilines is 1. The molecular weight excluding hydrogens is 314 g/mol. The van der Waals surface area contributed by atoms with Gasteiger partial charge in [0.15, 0.2) is 11.4 Å². The summed E-state index contributed by atoms with van der Waals surface area (Å²) in [5.41, 5.74) is 0.605. The molecule has 0 unspecified atom stereocenters. The number of carbonyl (C=O) groups is 2. The third kappa shape index (κ3) is 2.51. The number of hydrogen-bond donors (Lipinski definition) is 2. The van der Waals surface area contributed by atoms with E-state index in [1.54, 1.807) is 24.3 Å². The van der Waals surface area contributed by atoms with Gasteiger partial charge in [0.1, 0.15) is 0 Å². The van der Waals surface area contributed by atoms with Crippen LogP contribution in [0.3, 0.4) is 0 Å². The largest absolute Gasteiger partial charge is 0.375 e. The van der Waals surface area contributed by atoms with Crippen molar-refractivity contribution >= 4 is 28.2 Å². The molecule has 4 heteroatoms. The summed E-state index contributed by atoms with van der Waals surface area (Å²) in [5, 5.41) is 15.6. The fourth-order valence-electron chi connectivity index (χ4n) is 3.33. The first-order valence-electron chi connectivity index (χ1n) is 8.14. The zero-order valence-corrected chi connectivity index (χ0v) is 13.7. The van der Waals surface area contributed by atoms with Crippen LogP contribution in [-0.4, -0.2) is 16.8 Å². The van der Waals surface area contributed by atoms with Gasteiger partial charge in [0, 0.05) is 16.8 Å². The SMILES string of the molecule is Cc1ccc2c(c1)[C@@](O)(CC(=O)c1ccc3ccccc3c1)C(=O)N2. The van der Waals surface area contributed by atoms with Gasteiger partial charge in [-0.2, -0.15) is 0 Å². The third-order valence-corrected chi connectivity index (χ3v) is 4.73. The first kappa shape index (κ1) is 15.5. The predicted molar refractivity (Wildman–Crippen MR) is 96.6 cm³/mol. The van der Waals surface area contributed by atoms with Crippen molar-refractivity contribution in [3.05, 3.63) is 77.4 Å². The summed E-state index contributed by atoms with van der Waals surface area (Å²) in [6, 6.07) is 18.5. The minimum Gasteiger partial charge on any atom is -0.375 e. The first-order chi connectivity index (χ1) is 12.0. The normalized spacial score (nSPS) is 18.9. The number of hydrogen-bond acceptors (Lipinski definition) is 3. The molecule has 1 atom stereocenters. The lowest BCUT2D eigenvalue weighted by Crippen LogP contribution is -2.36. The Morgan fingerprint density at radius 3 is 2.60 bits per heavy atom. The van der Waals surface area contributed by atoms with Crippen LogP contribution in [0.5, 0.6) is 0 Å². The molecule has 3 aromatic carbocycles. The first-order valence-corrected chi connectivity index (χ1v) is 8.14.